The molecule has 0 saturated heterocycles. The Morgan fingerprint density at radius 1 is 1.33 bits per heavy atom. The van der Waals surface area contributed by atoms with Gasteiger partial charge in [-0.1, -0.05) is 17.9 Å². The maximum absolute atomic E-state index is 5.13. The first kappa shape index (κ1) is 11.4. The predicted octanol–water partition coefficient (Wildman–Crippen LogP) is 2.25. The monoisotopic (exact) mass is 202 g/mol. The van der Waals surface area contributed by atoms with Crippen LogP contribution in [-0.2, 0) is 4.74 Å². The molecule has 0 bridgehead atoms. The van der Waals surface area contributed by atoms with Crippen molar-refractivity contribution in [3.8, 4) is 17.6 Å². The molecule has 0 unspecified atom stereocenters. The number of methoxy groups -OCH3 is 1. The van der Waals surface area contributed by atoms with Crippen LogP contribution >= 0.6 is 0 Å². The molecule has 0 heterocycles. The molecule has 0 spiro atoms. The van der Waals surface area contributed by atoms with E-state index >= 15 is 0 Å². The molecule has 0 N–H and O–H groups in total. The minimum Gasteiger partial charge on any atom is -0.497 e. The molecule has 2 nitrogen and oxygen atoms in total. The highest BCUT2D eigenvalue weighted by atomic mass is 16.5. The van der Waals surface area contributed by atoms with E-state index in [1.807, 2.05) is 24.3 Å². The molecule has 15 heavy (non-hydrogen) atoms. The third-order valence-electron chi connectivity index (χ3n) is 1.73. The molecule has 0 atom stereocenters. The molecule has 78 valence electrons. The molecule has 0 saturated carbocycles. The Balaban J connectivity index is 2.45. The Hall–Kier alpha value is -1.72. The van der Waals surface area contributed by atoms with Crippen molar-refractivity contribution in [2.45, 2.75) is 0 Å². The molecule has 0 radical (unpaired) electrons. The standard InChI is InChI=1S/C13H14O2/c1-3-10-15-11-4-5-12-6-8-13(14-2)9-7-12/h3,6-9H,1,10-11H2,2H3. The number of hydrogen-bond donors (Lipinski definition) is 0. The zero-order valence-corrected chi connectivity index (χ0v) is 8.82. The van der Waals surface area contributed by atoms with Crippen molar-refractivity contribution in [2.75, 3.05) is 20.3 Å². The summed E-state index contributed by atoms with van der Waals surface area (Å²) in [5.41, 5.74) is 0.956. The molecule has 0 fully saturated rings. The van der Waals surface area contributed by atoms with Crippen LogP contribution in [0, 0.1) is 11.8 Å². The van der Waals surface area contributed by atoms with Gasteiger partial charge in [0.25, 0.3) is 0 Å². The first-order valence-electron chi connectivity index (χ1n) is 4.68. The molecule has 2 heteroatoms. The normalized spacial score (nSPS) is 8.87. The van der Waals surface area contributed by atoms with E-state index in [0.717, 1.165) is 11.3 Å². The number of rotatable bonds is 4. The predicted molar refractivity (Wildman–Crippen MR) is 60.9 cm³/mol. The van der Waals surface area contributed by atoms with Gasteiger partial charge in [-0.3, -0.25) is 0 Å². The van der Waals surface area contributed by atoms with E-state index in [1.54, 1.807) is 13.2 Å². The second kappa shape index (κ2) is 6.69. The summed E-state index contributed by atoms with van der Waals surface area (Å²) >= 11 is 0. The Kier molecular flexibility index (Phi) is 5.07. The first-order valence-corrected chi connectivity index (χ1v) is 4.68. The van der Waals surface area contributed by atoms with E-state index in [9.17, 15) is 0 Å². The molecule has 0 aliphatic carbocycles. The summed E-state index contributed by atoms with van der Waals surface area (Å²) in [5.74, 6) is 6.74. The van der Waals surface area contributed by atoms with Crippen molar-refractivity contribution in [1.82, 2.24) is 0 Å². The molecule has 1 rings (SSSR count). The Morgan fingerprint density at radius 2 is 2.07 bits per heavy atom. The minimum absolute atomic E-state index is 0.429. The lowest BCUT2D eigenvalue weighted by molar-refractivity contribution is 0.199. The van der Waals surface area contributed by atoms with Crippen LogP contribution in [0.1, 0.15) is 5.56 Å². The van der Waals surface area contributed by atoms with Crippen LogP contribution < -0.4 is 4.74 Å². The Labute approximate surface area is 90.5 Å². The largest absolute Gasteiger partial charge is 0.497 e. The molecule has 0 aromatic heterocycles. The van der Waals surface area contributed by atoms with E-state index in [2.05, 4.69) is 18.4 Å². The van der Waals surface area contributed by atoms with Crippen molar-refractivity contribution < 1.29 is 9.47 Å². The van der Waals surface area contributed by atoms with Gasteiger partial charge in [-0.15, -0.1) is 6.58 Å². The fourth-order valence-corrected chi connectivity index (χ4v) is 1.01. The number of benzene rings is 1. The summed E-state index contributed by atoms with van der Waals surface area (Å²) in [4.78, 5) is 0. The van der Waals surface area contributed by atoms with Crippen LogP contribution in [0.3, 0.4) is 0 Å². The second-order valence-electron chi connectivity index (χ2n) is 2.83. The summed E-state index contributed by atoms with van der Waals surface area (Å²) in [6, 6.07) is 7.60. The van der Waals surface area contributed by atoms with Gasteiger partial charge in [-0.25, -0.2) is 0 Å². The van der Waals surface area contributed by atoms with E-state index in [0.29, 0.717) is 13.2 Å². The summed E-state index contributed by atoms with van der Waals surface area (Å²) in [6.07, 6.45) is 1.70. The zero-order valence-electron chi connectivity index (χ0n) is 8.82. The second-order valence-corrected chi connectivity index (χ2v) is 2.83. The third kappa shape index (κ3) is 4.35. The smallest absolute Gasteiger partial charge is 0.118 e. The fraction of sp³-hybridized carbons (Fsp3) is 0.231. The van der Waals surface area contributed by atoms with Gasteiger partial charge in [-0.05, 0) is 24.3 Å². The highest BCUT2D eigenvalue weighted by Crippen LogP contribution is 2.09. The maximum atomic E-state index is 5.13. The lowest BCUT2D eigenvalue weighted by Gasteiger charge is -1.97. The van der Waals surface area contributed by atoms with Crippen molar-refractivity contribution in [1.29, 1.82) is 0 Å². The Bertz CT molecular complexity index is 354. The van der Waals surface area contributed by atoms with Crippen LogP contribution in [0.4, 0.5) is 0 Å². The fourth-order valence-electron chi connectivity index (χ4n) is 1.01. The van der Waals surface area contributed by atoms with Crippen molar-refractivity contribution in [2.24, 2.45) is 0 Å². The van der Waals surface area contributed by atoms with Crippen molar-refractivity contribution in [3.63, 3.8) is 0 Å². The summed E-state index contributed by atoms with van der Waals surface area (Å²) in [7, 11) is 1.64. The van der Waals surface area contributed by atoms with E-state index < -0.39 is 0 Å². The lowest BCUT2D eigenvalue weighted by atomic mass is 10.2. The summed E-state index contributed by atoms with van der Waals surface area (Å²) in [6.45, 7) is 4.52. The van der Waals surface area contributed by atoms with Gasteiger partial charge >= 0.3 is 0 Å². The summed E-state index contributed by atoms with van der Waals surface area (Å²) < 4.78 is 10.2. The van der Waals surface area contributed by atoms with Crippen LogP contribution in [0.15, 0.2) is 36.9 Å². The third-order valence-corrected chi connectivity index (χ3v) is 1.73. The van der Waals surface area contributed by atoms with Gasteiger partial charge in [0.15, 0.2) is 0 Å². The molecule has 0 aliphatic heterocycles. The maximum Gasteiger partial charge on any atom is 0.118 e. The van der Waals surface area contributed by atoms with E-state index in [1.165, 1.54) is 0 Å². The highest BCUT2D eigenvalue weighted by Gasteiger charge is 1.89. The summed E-state index contributed by atoms with van der Waals surface area (Å²) in [5, 5.41) is 0. The SMILES string of the molecule is C=CCOCC#Cc1ccc(OC)cc1. The van der Waals surface area contributed by atoms with E-state index in [-0.39, 0.29) is 0 Å². The van der Waals surface area contributed by atoms with Crippen LogP contribution in [0.2, 0.25) is 0 Å². The van der Waals surface area contributed by atoms with Gasteiger partial charge in [0.1, 0.15) is 12.4 Å². The van der Waals surface area contributed by atoms with Gasteiger partial charge in [0.2, 0.25) is 0 Å². The van der Waals surface area contributed by atoms with Gasteiger partial charge < -0.3 is 9.47 Å². The number of ether oxygens (including phenoxy) is 2. The average Bonchev–Trinajstić information content (AvgIpc) is 2.30. The number of hydrogen-bond acceptors (Lipinski definition) is 2. The van der Waals surface area contributed by atoms with Gasteiger partial charge in [0, 0.05) is 5.56 Å². The first-order chi connectivity index (χ1) is 7.36. The van der Waals surface area contributed by atoms with Crippen molar-refractivity contribution >= 4 is 0 Å². The highest BCUT2D eigenvalue weighted by molar-refractivity contribution is 5.38. The molecule has 0 aliphatic rings. The molecule has 1 aromatic rings. The quantitative estimate of drug-likeness (QED) is 0.423. The van der Waals surface area contributed by atoms with Gasteiger partial charge in [-0.2, -0.15) is 0 Å². The van der Waals surface area contributed by atoms with Crippen LogP contribution in [0.5, 0.6) is 5.75 Å². The lowest BCUT2D eigenvalue weighted by Crippen LogP contribution is -1.90. The molecule has 1 aromatic carbocycles. The van der Waals surface area contributed by atoms with E-state index in [4.69, 9.17) is 9.47 Å². The molecular weight excluding hydrogens is 188 g/mol. The van der Waals surface area contributed by atoms with Crippen LogP contribution in [0.25, 0.3) is 0 Å². The average molecular weight is 202 g/mol. The van der Waals surface area contributed by atoms with Crippen molar-refractivity contribution in [3.05, 3.63) is 42.5 Å². The molecular formula is C13H14O2. The van der Waals surface area contributed by atoms with Gasteiger partial charge in [0.05, 0.1) is 13.7 Å². The zero-order chi connectivity index (χ0) is 10.9. The Morgan fingerprint density at radius 3 is 2.67 bits per heavy atom. The molecule has 0 amide bonds. The minimum atomic E-state index is 0.429. The van der Waals surface area contributed by atoms with Crippen LogP contribution in [-0.4, -0.2) is 20.3 Å². The topological polar surface area (TPSA) is 18.5 Å².